The molecule has 0 aliphatic heterocycles. The SMILES string of the molecule is CC(=O)NCCC(O)C(O)c1[nH]nc2ncnc(N)c12. The predicted molar refractivity (Wildman–Crippen MR) is 70.4 cm³/mol. The van der Waals surface area contributed by atoms with E-state index in [2.05, 4.69) is 25.5 Å². The van der Waals surface area contributed by atoms with E-state index in [1.165, 1.54) is 13.3 Å². The lowest BCUT2D eigenvalue weighted by molar-refractivity contribution is -0.119. The zero-order valence-electron chi connectivity index (χ0n) is 10.9. The fourth-order valence-corrected chi connectivity index (χ4v) is 1.86. The van der Waals surface area contributed by atoms with Gasteiger partial charge < -0.3 is 21.3 Å². The number of nitrogens with one attached hydrogen (secondary N) is 2. The summed E-state index contributed by atoms with van der Waals surface area (Å²) in [7, 11) is 0. The molecule has 2 heterocycles. The first kappa shape index (κ1) is 14.2. The lowest BCUT2D eigenvalue weighted by atomic mass is 10.1. The fraction of sp³-hybridized carbons (Fsp3) is 0.455. The maximum absolute atomic E-state index is 10.7. The third-order valence-corrected chi connectivity index (χ3v) is 2.88. The van der Waals surface area contributed by atoms with Crippen molar-refractivity contribution in [2.45, 2.75) is 25.6 Å². The Morgan fingerprint density at radius 2 is 2.25 bits per heavy atom. The van der Waals surface area contributed by atoms with Gasteiger partial charge in [0.05, 0.1) is 17.2 Å². The van der Waals surface area contributed by atoms with Gasteiger partial charge in [0.15, 0.2) is 5.65 Å². The molecule has 0 radical (unpaired) electrons. The number of aromatic amines is 1. The van der Waals surface area contributed by atoms with Crippen molar-refractivity contribution >= 4 is 22.8 Å². The van der Waals surface area contributed by atoms with Crippen molar-refractivity contribution in [2.75, 3.05) is 12.3 Å². The summed E-state index contributed by atoms with van der Waals surface area (Å²) in [5.74, 6) is -0.0248. The molecule has 0 saturated heterocycles. The van der Waals surface area contributed by atoms with Crippen LogP contribution in [0.4, 0.5) is 5.82 Å². The third-order valence-electron chi connectivity index (χ3n) is 2.88. The molecule has 6 N–H and O–H groups in total. The molecule has 1 amide bonds. The molecule has 0 spiro atoms. The van der Waals surface area contributed by atoms with E-state index in [1.54, 1.807) is 0 Å². The van der Waals surface area contributed by atoms with Gasteiger partial charge in [0.1, 0.15) is 18.2 Å². The number of aliphatic hydroxyl groups is 2. The van der Waals surface area contributed by atoms with Crippen LogP contribution in [0.1, 0.15) is 25.1 Å². The monoisotopic (exact) mass is 280 g/mol. The fourth-order valence-electron chi connectivity index (χ4n) is 1.86. The molecule has 0 aliphatic rings. The number of H-pyrrole nitrogens is 1. The van der Waals surface area contributed by atoms with E-state index >= 15 is 0 Å². The molecular weight excluding hydrogens is 264 g/mol. The number of amides is 1. The number of rotatable bonds is 5. The molecule has 0 fully saturated rings. The van der Waals surface area contributed by atoms with Gasteiger partial charge in [-0.2, -0.15) is 5.10 Å². The molecule has 0 aliphatic carbocycles. The van der Waals surface area contributed by atoms with E-state index < -0.39 is 12.2 Å². The van der Waals surface area contributed by atoms with Gasteiger partial charge >= 0.3 is 0 Å². The Morgan fingerprint density at radius 3 is 2.95 bits per heavy atom. The van der Waals surface area contributed by atoms with E-state index in [0.717, 1.165) is 0 Å². The first-order valence-corrected chi connectivity index (χ1v) is 6.05. The smallest absolute Gasteiger partial charge is 0.216 e. The van der Waals surface area contributed by atoms with E-state index in [9.17, 15) is 15.0 Å². The number of aromatic nitrogens is 4. The van der Waals surface area contributed by atoms with Gasteiger partial charge in [-0.15, -0.1) is 0 Å². The Hall–Kier alpha value is -2.26. The van der Waals surface area contributed by atoms with E-state index in [4.69, 9.17) is 5.73 Å². The summed E-state index contributed by atoms with van der Waals surface area (Å²) in [4.78, 5) is 18.5. The number of nitrogen functional groups attached to an aromatic ring is 1. The Labute approximate surface area is 114 Å². The number of hydrogen-bond donors (Lipinski definition) is 5. The second-order valence-corrected chi connectivity index (χ2v) is 4.38. The van der Waals surface area contributed by atoms with Crippen LogP contribution < -0.4 is 11.1 Å². The Kier molecular flexibility index (Phi) is 4.11. The van der Waals surface area contributed by atoms with Crippen molar-refractivity contribution in [3.63, 3.8) is 0 Å². The molecule has 108 valence electrons. The van der Waals surface area contributed by atoms with Crippen molar-refractivity contribution < 1.29 is 15.0 Å². The zero-order chi connectivity index (χ0) is 14.7. The van der Waals surface area contributed by atoms with Crippen LogP contribution in [-0.4, -0.2) is 48.9 Å². The molecule has 0 saturated carbocycles. The molecule has 9 nitrogen and oxygen atoms in total. The van der Waals surface area contributed by atoms with Crippen LogP contribution in [0, 0.1) is 0 Å². The number of nitrogens with zero attached hydrogens (tertiary/aromatic N) is 3. The average molecular weight is 280 g/mol. The Bertz CT molecular complexity index is 613. The molecule has 2 unspecified atom stereocenters. The second-order valence-electron chi connectivity index (χ2n) is 4.38. The van der Waals surface area contributed by atoms with E-state index in [1.807, 2.05) is 0 Å². The van der Waals surface area contributed by atoms with Gasteiger partial charge in [-0.25, -0.2) is 9.97 Å². The standard InChI is InChI=1S/C11H16N6O3/c1-5(18)13-3-2-6(19)9(20)8-7-10(12)14-4-15-11(7)17-16-8/h4,6,9,19-20H,2-3H2,1H3,(H,13,18)(H3,12,14,15,16,17). The van der Waals surface area contributed by atoms with Crippen LogP contribution in [0.2, 0.25) is 0 Å². The Balaban J connectivity index is 2.14. The van der Waals surface area contributed by atoms with Gasteiger partial charge in [-0.05, 0) is 6.42 Å². The van der Waals surface area contributed by atoms with Crippen LogP contribution >= 0.6 is 0 Å². The summed E-state index contributed by atoms with van der Waals surface area (Å²) in [6.45, 7) is 1.63. The summed E-state index contributed by atoms with van der Waals surface area (Å²) in [6.07, 6.45) is -0.844. The number of hydrogen-bond acceptors (Lipinski definition) is 7. The van der Waals surface area contributed by atoms with Crippen molar-refractivity contribution in [1.29, 1.82) is 0 Å². The number of anilines is 1. The summed E-state index contributed by atoms with van der Waals surface area (Å²) in [5, 5.41) is 29.5. The molecule has 20 heavy (non-hydrogen) atoms. The maximum atomic E-state index is 10.7. The first-order valence-electron chi connectivity index (χ1n) is 6.05. The average Bonchev–Trinajstić information content (AvgIpc) is 2.82. The number of carbonyl (C=O) groups is 1. The molecule has 2 rings (SSSR count). The van der Waals surface area contributed by atoms with Crippen molar-refractivity contribution in [3.05, 3.63) is 12.0 Å². The first-order chi connectivity index (χ1) is 9.50. The highest BCUT2D eigenvalue weighted by atomic mass is 16.3. The number of carbonyl (C=O) groups excluding carboxylic acids is 1. The van der Waals surface area contributed by atoms with Crippen LogP contribution in [0.5, 0.6) is 0 Å². The third kappa shape index (κ3) is 2.83. The lowest BCUT2D eigenvalue weighted by Gasteiger charge is -2.17. The van der Waals surface area contributed by atoms with E-state index in [-0.39, 0.29) is 30.4 Å². The topological polar surface area (TPSA) is 150 Å². The summed E-state index contributed by atoms with van der Waals surface area (Å²) >= 11 is 0. The zero-order valence-corrected chi connectivity index (χ0v) is 10.9. The molecule has 2 atom stereocenters. The van der Waals surface area contributed by atoms with Crippen molar-refractivity contribution in [1.82, 2.24) is 25.5 Å². The molecule has 9 heteroatoms. The molecule has 2 aromatic rings. The molecule has 0 aromatic carbocycles. The molecular formula is C11H16N6O3. The predicted octanol–water partition coefficient (Wildman–Crippen LogP) is -1.14. The number of nitrogens with two attached hydrogens (primary N) is 1. The number of aliphatic hydroxyl groups excluding tert-OH is 2. The van der Waals surface area contributed by atoms with Crippen molar-refractivity contribution in [2.24, 2.45) is 0 Å². The minimum atomic E-state index is -1.22. The molecule has 0 bridgehead atoms. The highest BCUT2D eigenvalue weighted by Crippen LogP contribution is 2.26. The quantitative estimate of drug-likeness (QED) is 0.464. The van der Waals surface area contributed by atoms with Crippen LogP contribution in [-0.2, 0) is 4.79 Å². The van der Waals surface area contributed by atoms with Crippen LogP contribution in [0.3, 0.4) is 0 Å². The summed E-state index contributed by atoms with van der Waals surface area (Å²) in [5.41, 5.74) is 6.30. The maximum Gasteiger partial charge on any atom is 0.216 e. The molecule has 2 aromatic heterocycles. The minimum Gasteiger partial charge on any atom is -0.390 e. The van der Waals surface area contributed by atoms with Crippen molar-refractivity contribution in [3.8, 4) is 0 Å². The van der Waals surface area contributed by atoms with Crippen LogP contribution in [0.25, 0.3) is 11.0 Å². The minimum absolute atomic E-state index is 0.173. The Morgan fingerprint density at radius 1 is 1.50 bits per heavy atom. The van der Waals surface area contributed by atoms with Crippen LogP contribution in [0.15, 0.2) is 6.33 Å². The van der Waals surface area contributed by atoms with Gasteiger partial charge in [0.2, 0.25) is 5.91 Å². The highest BCUT2D eigenvalue weighted by molar-refractivity contribution is 5.87. The lowest BCUT2D eigenvalue weighted by Crippen LogP contribution is -2.27. The number of fused-ring (bicyclic) bond motifs is 1. The van der Waals surface area contributed by atoms with E-state index in [0.29, 0.717) is 11.0 Å². The van der Waals surface area contributed by atoms with Gasteiger partial charge in [-0.3, -0.25) is 9.89 Å². The van der Waals surface area contributed by atoms with Gasteiger partial charge in [-0.1, -0.05) is 0 Å². The van der Waals surface area contributed by atoms with Gasteiger partial charge in [0, 0.05) is 13.5 Å². The summed E-state index contributed by atoms with van der Waals surface area (Å²) < 4.78 is 0. The van der Waals surface area contributed by atoms with Gasteiger partial charge in [0.25, 0.3) is 0 Å². The highest BCUT2D eigenvalue weighted by Gasteiger charge is 2.24. The normalized spacial score (nSPS) is 14.2. The summed E-state index contributed by atoms with van der Waals surface area (Å²) in [6, 6.07) is 0. The largest absolute Gasteiger partial charge is 0.390 e. The second kappa shape index (κ2) is 5.80.